The number of carboxylic acids is 1. The summed E-state index contributed by atoms with van der Waals surface area (Å²) in [5.74, 6) is -0.0631. The molecule has 1 unspecified atom stereocenters. The van der Waals surface area contributed by atoms with Crippen molar-refractivity contribution in [3.05, 3.63) is 29.3 Å². The second kappa shape index (κ2) is 6.25. The lowest BCUT2D eigenvalue weighted by molar-refractivity contribution is -0.138. The van der Waals surface area contributed by atoms with E-state index in [0.29, 0.717) is 6.42 Å². The van der Waals surface area contributed by atoms with E-state index in [1.54, 1.807) is 7.11 Å². The Balaban J connectivity index is 2.47. The zero-order valence-corrected chi connectivity index (χ0v) is 10.3. The van der Waals surface area contributed by atoms with Gasteiger partial charge in [-0.2, -0.15) is 0 Å². The van der Waals surface area contributed by atoms with Gasteiger partial charge >= 0.3 is 5.97 Å². The summed E-state index contributed by atoms with van der Waals surface area (Å²) in [4.78, 5) is 10.5. The van der Waals surface area contributed by atoms with Crippen LogP contribution in [0.2, 0.25) is 0 Å². The van der Waals surface area contributed by atoms with Crippen molar-refractivity contribution in [2.45, 2.75) is 32.2 Å². The van der Waals surface area contributed by atoms with E-state index < -0.39 is 12.0 Å². The standard InChI is InChI=1S/C13H19NO3/c1-9-8-10(6-7-12(9)17-2)4-3-5-11(14)13(15)16/h6-8,11H,3-5,14H2,1-2H3,(H,15,16). The van der Waals surface area contributed by atoms with Crippen LogP contribution in [0, 0.1) is 6.92 Å². The average molecular weight is 237 g/mol. The van der Waals surface area contributed by atoms with Crippen molar-refractivity contribution < 1.29 is 14.6 Å². The minimum Gasteiger partial charge on any atom is -0.496 e. The molecule has 17 heavy (non-hydrogen) atoms. The summed E-state index contributed by atoms with van der Waals surface area (Å²) in [5.41, 5.74) is 7.71. The molecule has 0 spiro atoms. The quantitative estimate of drug-likeness (QED) is 0.790. The molecule has 0 fully saturated rings. The number of nitrogens with two attached hydrogens (primary N) is 1. The van der Waals surface area contributed by atoms with Gasteiger partial charge in [0.2, 0.25) is 0 Å². The van der Waals surface area contributed by atoms with Crippen molar-refractivity contribution in [2.24, 2.45) is 5.73 Å². The molecule has 0 heterocycles. The molecular formula is C13H19NO3. The second-order valence-electron chi connectivity index (χ2n) is 4.14. The molecule has 0 aliphatic heterocycles. The van der Waals surface area contributed by atoms with Crippen LogP contribution in [-0.4, -0.2) is 24.2 Å². The van der Waals surface area contributed by atoms with E-state index in [4.69, 9.17) is 15.6 Å². The van der Waals surface area contributed by atoms with Crippen LogP contribution in [0.1, 0.15) is 24.0 Å². The molecule has 0 aromatic heterocycles. The van der Waals surface area contributed by atoms with Gasteiger partial charge in [-0.15, -0.1) is 0 Å². The van der Waals surface area contributed by atoms with Gasteiger partial charge in [-0.3, -0.25) is 4.79 Å². The van der Waals surface area contributed by atoms with Crippen LogP contribution in [-0.2, 0) is 11.2 Å². The lowest BCUT2D eigenvalue weighted by Crippen LogP contribution is -2.29. The average Bonchev–Trinajstić information content (AvgIpc) is 2.29. The highest BCUT2D eigenvalue weighted by molar-refractivity contribution is 5.72. The third kappa shape index (κ3) is 4.07. The first-order chi connectivity index (χ1) is 8.04. The topological polar surface area (TPSA) is 72.5 Å². The van der Waals surface area contributed by atoms with E-state index in [1.165, 1.54) is 5.56 Å². The van der Waals surface area contributed by atoms with Crippen LogP contribution in [0.3, 0.4) is 0 Å². The highest BCUT2D eigenvalue weighted by Gasteiger charge is 2.10. The van der Waals surface area contributed by atoms with Crippen molar-refractivity contribution in [1.82, 2.24) is 0 Å². The third-order valence-corrected chi connectivity index (χ3v) is 2.76. The molecule has 0 saturated carbocycles. The SMILES string of the molecule is COc1ccc(CCCC(N)C(=O)O)cc1C. The number of hydrogen-bond donors (Lipinski definition) is 2. The Bertz CT molecular complexity index is 390. The summed E-state index contributed by atoms with van der Waals surface area (Å²) in [7, 11) is 1.65. The monoisotopic (exact) mass is 237 g/mol. The Kier molecular flexibility index (Phi) is 4.97. The van der Waals surface area contributed by atoms with Crippen LogP contribution < -0.4 is 10.5 Å². The van der Waals surface area contributed by atoms with Crippen LogP contribution in [0.25, 0.3) is 0 Å². The van der Waals surface area contributed by atoms with Gasteiger partial charge in [0.05, 0.1) is 7.11 Å². The Morgan fingerprint density at radius 2 is 2.24 bits per heavy atom. The zero-order chi connectivity index (χ0) is 12.8. The summed E-state index contributed by atoms with van der Waals surface area (Å²) >= 11 is 0. The molecule has 0 bridgehead atoms. The number of rotatable bonds is 6. The summed E-state index contributed by atoms with van der Waals surface area (Å²) in [5, 5.41) is 8.65. The molecule has 4 heteroatoms. The Morgan fingerprint density at radius 1 is 1.53 bits per heavy atom. The highest BCUT2D eigenvalue weighted by atomic mass is 16.5. The number of aryl methyl sites for hydroxylation is 2. The Hall–Kier alpha value is -1.55. The molecule has 1 aromatic carbocycles. The highest BCUT2D eigenvalue weighted by Crippen LogP contribution is 2.19. The van der Waals surface area contributed by atoms with E-state index in [9.17, 15) is 4.79 Å². The molecule has 3 N–H and O–H groups in total. The summed E-state index contributed by atoms with van der Waals surface area (Å²) < 4.78 is 5.18. The summed E-state index contributed by atoms with van der Waals surface area (Å²) in [6.07, 6.45) is 2.12. The van der Waals surface area contributed by atoms with Gasteiger partial charge in [0.15, 0.2) is 0 Å². The molecule has 0 saturated heterocycles. The van der Waals surface area contributed by atoms with Gasteiger partial charge in [0, 0.05) is 0 Å². The number of carboxylic acid groups (broad SMARTS) is 1. The third-order valence-electron chi connectivity index (χ3n) is 2.76. The van der Waals surface area contributed by atoms with Gasteiger partial charge < -0.3 is 15.6 Å². The van der Waals surface area contributed by atoms with E-state index in [0.717, 1.165) is 24.2 Å². The molecular weight excluding hydrogens is 218 g/mol. The molecule has 0 aliphatic carbocycles. The minimum atomic E-state index is -0.934. The number of aliphatic carboxylic acids is 1. The van der Waals surface area contributed by atoms with E-state index in [-0.39, 0.29) is 0 Å². The molecule has 4 nitrogen and oxygen atoms in total. The first-order valence-corrected chi connectivity index (χ1v) is 5.66. The van der Waals surface area contributed by atoms with Crippen molar-refractivity contribution >= 4 is 5.97 Å². The number of methoxy groups -OCH3 is 1. The molecule has 0 aliphatic rings. The molecule has 0 radical (unpaired) electrons. The minimum absolute atomic E-state index is 0.500. The van der Waals surface area contributed by atoms with Crippen LogP contribution in [0.5, 0.6) is 5.75 Å². The van der Waals surface area contributed by atoms with E-state index >= 15 is 0 Å². The van der Waals surface area contributed by atoms with E-state index in [1.807, 2.05) is 19.1 Å². The smallest absolute Gasteiger partial charge is 0.320 e. The van der Waals surface area contributed by atoms with Crippen LogP contribution in [0.15, 0.2) is 18.2 Å². The molecule has 94 valence electrons. The zero-order valence-electron chi connectivity index (χ0n) is 10.3. The van der Waals surface area contributed by atoms with Gasteiger partial charge in [0.25, 0.3) is 0 Å². The Morgan fingerprint density at radius 3 is 2.76 bits per heavy atom. The predicted octanol–water partition coefficient (Wildman–Crippen LogP) is 1.74. The Labute approximate surface area is 101 Å². The van der Waals surface area contributed by atoms with Crippen molar-refractivity contribution in [1.29, 1.82) is 0 Å². The largest absolute Gasteiger partial charge is 0.496 e. The molecule has 1 aromatic rings. The number of carbonyl (C=O) groups is 1. The fraction of sp³-hybridized carbons (Fsp3) is 0.462. The van der Waals surface area contributed by atoms with Crippen molar-refractivity contribution in [3.8, 4) is 5.75 Å². The van der Waals surface area contributed by atoms with Gasteiger partial charge in [-0.05, 0) is 43.4 Å². The fourth-order valence-corrected chi connectivity index (χ4v) is 1.75. The summed E-state index contributed by atoms with van der Waals surface area (Å²) in [6.45, 7) is 1.99. The maximum atomic E-state index is 10.5. The molecule has 0 amide bonds. The number of ether oxygens (including phenoxy) is 1. The lowest BCUT2D eigenvalue weighted by Gasteiger charge is -2.08. The first-order valence-electron chi connectivity index (χ1n) is 5.66. The summed E-state index contributed by atoms with van der Waals surface area (Å²) in [6, 6.07) is 5.24. The second-order valence-corrected chi connectivity index (χ2v) is 4.14. The lowest BCUT2D eigenvalue weighted by atomic mass is 10.0. The fourth-order valence-electron chi connectivity index (χ4n) is 1.75. The number of hydrogen-bond acceptors (Lipinski definition) is 3. The van der Waals surface area contributed by atoms with Crippen molar-refractivity contribution in [2.75, 3.05) is 7.11 Å². The van der Waals surface area contributed by atoms with Crippen LogP contribution in [0.4, 0.5) is 0 Å². The van der Waals surface area contributed by atoms with Gasteiger partial charge in [0.1, 0.15) is 11.8 Å². The molecule has 1 rings (SSSR count). The number of benzene rings is 1. The van der Waals surface area contributed by atoms with E-state index in [2.05, 4.69) is 6.07 Å². The van der Waals surface area contributed by atoms with Crippen LogP contribution >= 0.6 is 0 Å². The predicted molar refractivity (Wildman–Crippen MR) is 66.3 cm³/mol. The maximum absolute atomic E-state index is 10.5. The van der Waals surface area contributed by atoms with Gasteiger partial charge in [-0.25, -0.2) is 0 Å². The normalized spacial score (nSPS) is 12.2. The molecule has 1 atom stereocenters. The first kappa shape index (κ1) is 13.5. The maximum Gasteiger partial charge on any atom is 0.320 e. The van der Waals surface area contributed by atoms with Crippen molar-refractivity contribution in [3.63, 3.8) is 0 Å². The van der Waals surface area contributed by atoms with Gasteiger partial charge in [-0.1, -0.05) is 12.1 Å².